The highest BCUT2D eigenvalue weighted by Gasteiger charge is 2.34. The van der Waals surface area contributed by atoms with E-state index < -0.39 is 0 Å². The first-order valence-electron chi connectivity index (χ1n) is 7.17. The summed E-state index contributed by atoms with van der Waals surface area (Å²) in [5.74, 6) is -0.259. The first kappa shape index (κ1) is 16.0. The van der Waals surface area contributed by atoms with Gasteiger partial charge in [0.1, 0.15) is 12.7 Å². The van der Waals surface area contributed by atoms with E-state index in [0.29, 0.717) is 6.42 Å². The molecule has 0 bridgehead atoms. The van der Waals surface area contributed by atoms with E-state index in [9.17, 15) is 9.59 Å². The molecule has 0 aromatic carbocycles. The van der Waals surface area contributed by atoms with Crippen LogP contribution in [-0.4, -0.2) is 24.6 Å². The molecular formula is C15H26O4. The molecule has 0 aromatic heterocycles. The fraction of sp³-hybridized carbons (Fsp3) is 0.867. The minimum atomic E-state index is -0.305. The zero-order valence-corrected chi connectivity index (χ0v) is 12.5. The molecule has 1 saturated carbocycles. The van der Waals surface area contributed by atoms with Gasteiger partial charge in [0, 0.05) is 13.3 Å². The molecule has 0 spiro atoms. The molecule has 0 aromatic rings. The first-order chi connectivity index (χ1) is 8.84. The molecule has 4 heteroatoms. The third kappa shape index (κ3) is 5.62. The summed E-state index contributed by atoms with van der Waals surface area (Å²) in [6, 6.07) is 0. The van der Waals surface area contributed by atoms with Crippen LogP contribution in [0.2, 0.25) is 0 Å². The minimum absolute atomic E-state index is 0.188. The predicted octanol–water partition coefficient (Wildman–Crippen LogP) is 3.09. The number of esters is 2. The molecule has 0 saturated heterocycles. The molecule has 0 N–H and O–H groups in total. The maximum absolute atomic E-state index is 11.2. The summed E-state index contributed by atoms with van der Waals surface area (Å²) in [4.78, 5) is 22.5. The normalized spacial score (nSPS) is 23.5. The van der Waals surface area contributed by atoms with Gasteiger partial charge in [0.15, 0.2) is 0 Å². The van der Waals surface area contributed by atoms with Gasteiger partial charge in [-0.1, -0.05) is 27.2 Å². The number of rotatable bonds is 5. The van der Waals surface area contributed by atoms with Crippen molar-refractivity contribution in [1.82, 2.24) is 0 Å². The average Bonchev–Trinajstić information content (AvgIpc) is 2.32. The Hall–Kier alpha value is -1.06. The number of carbonyl (C=O) groups excluding carboxylic acids is 2. The van der Waals surface area contributed by atoms with E-state index >= 15 is 0 Å². The van der Waals surface area contributed by atoms with Crippen LogP contribution in [-0.2, 0) is 19.1 Å². The summed E-state index contributed by atoms with van der Waals surface area (Å²) in [5, 5.41) is 0. The van der Waals surface area contributed by atoms with Gasteiger partial charge in [-0.05, 0) is 30.6 Å². The van der Waals surface area contributed by atoms with Crippen molar-refractivity contribution < 1.29 is 19.1 Å². The molecule has 0 heterocycles. The van der Waals surface area contributed by atoms with Crippen LogP contribution in [0.4, 0.5) is 0 Å². The molecule has 1 aliphatic rings. The van der Waals surface area contributed by atoms with Crippen LogP contribution < -0.4 is 0 Å². The SMILES string of the molecule is CCC(=O)OCC(OC(C)=O)C1CCCC(C)(C)C1. The van der Waals surface area contributed by atoms with E-state index in [1.54, 1.807) is 6.92 Å². The largest absolute Gasteiger partial charge is 0.462 e. The van der Waals surface area contributed by atoms with Crippen molar-refractivity contribution in [2.24, 2.45) is 11.3 Å². The zero-order chi connectivity index (χ0) is 14.5. The maximum atomic E-state index is 11.2. The molecule has 2 unspecified atom stereocenters. The molecule has 4 nitrogen and oxygen atoms in total. The molecule has 0 aliphatic heterocycles. The summed E-state index contributed by atoms with van der Waals surface area (Å²) >= 11 is 0. The van der Waals surface area contributed by atoms with Crippen LogP contribution >= 0.6 is 0 Å². The van der Waals surface area contributed by atoms with Gasteiger partial charge >= 0.3 is 11.9 Å². The Kier molecular flexibility index (Phi) is 5.83. The molecule has 1 aliphatic carbocycles. The van der Waals surface area contributed by atoms with Crippen LogP contribution in [0, 0.1) is 11.3 Å². The maximum Gasteiger partial charge on any atom is 0.305 e. The lowest BCUT2D eigenvalue weighted by molar-refractivity contribution is -0.162. The second-order valence-electron chi connectivity index (χ2n) is 6.21. The van der Waals surface area contributed by atoms with E-state index in [0.717, 1.165) is 19.3 Å². The van der Waals surface area contributed by atoms with Crippen LogP contribution in [0.3, 0.4) is 0 Å². The summed E-state index contributed by atoms with van der Waals surface area (Å²) < 4.78 is 10.5. The van der Waals surface area contributed by atoms with Gasteiger partial charge in [0.2, 0.25) is 0 Å². The Balaban J connectivity index is 2.61. The number of carbonyl (C=O) groups is 2. The van der Waals surface area contributed by atoms with Gasteiger partial charge < -0.3 is 9.47 Å². The minimum Gasteiger partial charge on any atom is -0.462 e. The molecule has 19 heavy (non-hydrogen) atoms. The van der Waals surface area contributed by atoms with E-state index in [1.807, 2.05) is 0 Å². The molecule has 110 valence electrons. The van der Waals surface area contributed by atoms with Gasteiger partial charge in [-0.3, -0.25) is 9.59 Å². The average molecular weight is 270 g/mol. The highest BCUT2D eigenvalue weighted by atomic mass is 16.6. The van der Waals surface area contributed by atoms with Gasteiger partial charge in [-0.15, -0.1) is 0 Å². The van der Waals surface area contributed by atoms with Crippen LogP contribution in [0.15, 0.2) is 0 Å². The Morgan fingerprint density at radius 3 is 2.58 bits per heavy atom. The standard InChI is InChI=1S/C15H26O4/c1-5-14(17)18-10-13(19-11(2)16)12-7-6-8-15(3,4)9-12/h12-13H,5-10H2,1-4H3. The quantitative estimate of drug-likeness (QED) is 0.720. The fourth-order valence-electron chi connectivity index (χ4n) is 2.83. The molecule has 0 radical (unpaired) electrons. The topological polar surface area (TPSA) is 52.6 Å². The summed E-state index contributed by atoms with van der Waals surface area (Å²) in [6.45, 7) is 7.83. The van der Waals surface area contributed by atoms with Crippen molar-refractivity contribution in [1.29, 1.82) is 0 Å². The number of hydrogen-bond donors (Lipinski definition) is 0. The van der Waals surface area contributed by atoms with Gasteiger partial charge in [-0.25, -0.2) is 0 Å². The van der Waals surface area contributed by atoms with E-state index in [2.05, 4.69) is 13.8 Å². The van der Waals surface area contributed by atoms with Gasteiger partial charge in [0.05, 0.1) is 0 Å². The highest BCUT2D eigenvalue weighted by molar-refractivity contribution is 5.69. The van der Waals surface area contributed by atoms with Crippen molar-refractivity contribution in [3.05, 3.63) is 0 Å². The summed E-state index contributed by atoms with van der Waals surface area (Å²) in [6.07, 6.45) is 4.43. The first-order valence-corrected chi connectivity index (χ1v) is 7.17. The van der Waals surface area contributed by atoms with Crippen molar-refractivity contribution in [3.63, 3.8) is 0 Å². The predicted molar refractivity (Wildman–Crippen MR) is 72.5 cm³/mol. The third-order valence-electron chi connectivity index (χ3n) is 3.78. The zero-order valence-electron chi connectivity index (χ0n) is 12.5. The van der Waals surface area contributed by atoms with Crippen molar-refractivity contribution in [2.45, 2.75) is 65.9 Å². The monoisotopic (exact) mass is 270 g/mol. The van der Waals surface area contributed by atoms with Crippen LogP contribution in [0.1, 0.15) is 59.8 Å². The van der Waals surface area contributed by atoms with Crippen LogP contribution in [0.5, 0.6) is 0 Å². The Labute approximate surface area is 115 Å². The van der Waals surface area contributed by atoms with E-state index in [4.69, 9.17) is 9.47 Å². The van der Waals surface area contributed by atoms with Crippen LogP contribution in [0.25, 0.3) is 0 Å². The second kappa shape index (κ2) is 6.92. The van der Waals surface area contributed by atoms with Gasteiger partial charge in [-0.2, -0.15) is 0 Å². The highest BCUT2D eigenvalue weighted by Crippen LogP contribution is 2.40. The smallest absolute Gasteiger partial charge is 0.305 e. The fourth-order valence-corrected chi connectivity index (χ4v) is 2.83. The van der Waals surface area contributed by atoms with Crippen molar-refractivity contribution in [2.75, 3.05) is 6.61 Å². The van der Waals surface area contributed by atoms with Crippen molar-refractivity contribution in [3.8, 4) is 0 Å². The molecule has 1 fully saturated rings. The Morgan fingerprint density at radius 1 is 1.37 bits per heavy atom. The molecule has 2 atom stereocenters. The van der Waals surface area contributed by atoms with E-state index in [-0.39, 0.29) is 36.0 Å². The number of ether oxygens (including phenoxy) is 2. The molecule has 1 rings (SSSR count). The molecular weight excluding hydrogens is 244 g/mol. The lowest BCUT2D eigenvalue weighted by Crippen LogP contribution is -2.37. The Morgan fingerprint density at radius 2 is 2.05 bits per heavy atom. The second-order valence-corrected chi connectivity index (χ2v) is 6.21. The van der Waals surface area contributed by atoms with Gasteiger partial charge in [0.25, 0.3) is 0 Å². The number of hydrogen-bond acceptors (Lipinski definition) is 4. The summed E-state index contributed by atoms with van der Waals surface area (Å²) in [7, 11) is 0. The summed E-state index contributed by atoms with van der Waals surface area (Å²) in [5.41, 5.74) is 0.274. The lowest BCUT2D eigenvalue weighted by Gasteiger charge is -2.38. The molecule has 0 amide bonds. The Bertz CT molecular complexity index is 322. The lowest BCUT2D eigenvalue weighted by atomic mass is 9.70. The van der Waals surface area contributed by atoms with E-state index in [1.165, 1.54) is 13.3 Å². The third-order valence-corrected chi connectivity index (χ3v) is 3.78. The van der Waals surface area contributed by atoms with Crippen molar-refractivity contribution >= 4 is 11.9 Å².